The van der Waals surface area contributed by atoms with E-state index in [-0.39, 0.29) is 5.88 Å². The number of aromatic amines is 1. The van der Waals surface area contributed by atoms with E-state index in [1.165, 1.54) is 0 Å². The van der Waals surface area contributed by atoms with Crippen molar-refractivity contribution < 1.29 is 4.52 Å². The number of H-pyrrole nitrogens is 1. The summed E-state index contributed by atoms with van der Waals surface area (Å²) in [6.45, 7) is 1.92. The number of aromatic nitrogens is 4. The highest BCUT2D eigenvalue weighted by Gasteiger charge is 2.19. The molecule has 3 heterocycles. The van der Waals surface area contributed by atoms with Crippen LogP contribution in [0.1, 0.15) is 5.69 Å². The first-order valence-corrected chi connectivity index (χ1v) is 5.43. The van der Waals surface area contributed by atoms with Gasteiger partial charge in [0.15, 0.2) is 0 Å². The molecule has 6 nitrogen and oxygen atoms in total. The van der Waals surface area contributed by atoms with E-state index < -0.39 is 0 Å². The number of nitrogen functional groups attached to an aromatic ring is 1. The summed E-state index contributed by atoms with van der Waals surface area (Å²) >= 11 is 0. The van der Waals surface area contributed by atoms with Crippen LogP contribution in [-0.2, 0) is 0 Å². The summed E-state index contributed by atoms with van der Waals surface area (Å²) in [7, 11) is 0. The Balaban J connectivity index is 2.22. The average Bonchev–Trinajstić information content (AvgIpc) is 2.96. The molecule has 6 heteroatoms. The van der Waals surface area contributed by atoms with Crippen LogP contribution in [0.15, 0.2) is 35.2 Å². The molecule has 0 unspecified atom stereocenters. The molecule has 0 aliphatic heterocycles. The van der Waals surface area contributed by atoms with Crippen molar-refractivity contribution in [2.75, 3.05) is 5.73 Å². The smallest absolute Gasteiger partial charge is 0.230 e. The maximum absolute atomic E-state index is 5.85. The first-order chi connectivity index (χ1) is 8.77. The van der Waals surface area contributed by atoms with E-state index in [0.29, 0.717) is 5.69 Å². The van der Waals surface area contributed by atoms with Gasteiger partial charge in [0.05, 0.1) is 11.8 Å². The molecular weight excluding hydrogens is 230 g/mol. The summed E-state index contributed by atoms with van der Waals surface area (Å²) < 4.78 is 5.09. The normalized spacial score (nSPS) is 10.7. The lowest BCUT2D eigenvalue weighted by Crippen LogP contribution is -1.88. The number of hydrogen-bond acceptors (Lipinski definition) is 5. The van der Waals surface area contributed by atoms with Gasteiger partial charge in [-0.25, -0.2) is 0 Å². The zero-order chi connectivity index (χ0) is 12.5. The third kappa shape index (κ3) is 1.55. The van der Waals surface area contributed by atoms with Crippen LogP contribution in [0.25, 0.3) is 22.4 Å². The Morgan fingerprint density at radius 2 is 2.06 bits per heavy atom. The van der Waals surface area contributed by atoms with Crippen LogP contribution in [0.5, 0.6) is 0 Å². The molecule has 0 aromatic carbocycles. The number of nitrogens with one attached hydrogen (secondary N) is 1. The third-order valence-electron chi connectivity index (χ3n) is 2.77. The Bertz CT molecular complexity index is 671. The fourth-order valence-electron chi connectivity index (χ4n) is 1.87. The molecule has 0 saturated carbocycles. The van der Waals surface area contributed by atoms with Crippen LogP contribution >= 0.6 is 0 Å². The largest absolute Gasteiger partial charge is 0.367 e. The maximum Gasteiger partial charge on any atom is 0.230 e. The minimum absolute atomic E-state index is 0.289. The van der Waals surface area contributed by atoms with E-state index in [1.807, 2.05) is 19.1 Å². The third-order valence-corrected chi connectivity index (χ3v) is 2.77. The van der Waals surface area contributed by atoms with E-state index in [4.69, 9.17) is 10.3 Å². The number of rotatable bonds is 2. The molecular formula is C12H11N5O. The molecule has 0 radical (unpaired) electrons. The predicted molar refractivity (Wildman–Crippen MR) is 66.5 cm³/mol. The Kier molecular flexibility index (Phi) is 2.33. The topological polar surface area (TPSA) is 93.6 Å². The van der Waals surface area contributed by atoms with E-state index in [9.17, 15) is 0 Å². The highest BCUT2D eigenvalue weighted by Crippen LogP contribution is 2.36. The van der Waals surface area contributed by atoms with Gasteiger partial charge >= 0.3 is 0 Å². The molecule has 0 saturated heterocycles. The van der Waals surface area contributed by atoms with Crippen molar-refractivity contribution in [3.63, 3.8) is 0 Å². The summed E-state index contributed by atoms with van der Waals surface area (Å²) in [5.41, 5.74) is 10.0. The molecule has 0 bridgehead atoms. The van der Waals surface area contributed by atoms with Gasteiger partial charge in [-0.2, -0.15) is 5.10 Å². The highest BCUT2D eigenvalue weighted by atomic mass is 16.5. The van der Waals surface area contributed by atoms with Crippen molar-refractivity contribution in [3.05, 3.63) is 36.4 Å². The van der Waals surface area contributed by atoms with Gasteiger partial charge in [0.1, 0.15) is 5.69 Å². The minimum Gasteiger partial charge on any atom is -0.367 e. The lowest BCUT2D eigenvalue weighted by molar-refractivity contribution is 0.439. The summed E-state index contributed by atoms with van der Waals surface area (Å²) in [6.07, 6.45) is 5.11. The second-order valence-electron chi connectivity index (χ2n) is 3.91. The summed E-state index contributed by atoms with van der Waals surface area (Å²) in [5.74, 6) is 0.289. The minimum atomic E-state index is 0.289. The second-order valence-corrected chi connectivity index (χ2v) is 3.91. The molecule has 0 amide bonds. The summed E-state index contributed by atoms with van der Waals surface area (Å²) in [5, 5.41) is 10.9. The molecule has 0 aliphatic rings. The molecule has 0 aliphatic carbocycles. The van der Waals surface area contributed by atoms with E-state index in [1.54, 1.807) is 18.6 Å². The fraction of sp³-hybridized carbons (Fsp3) is 0.0833. The molecule has 90 valence electrons. The Morgan fingerprint density at radius 3 is 2.72 bits per heavy atom. The maximum atomic E-state index is 5.85. The van der Waals surface area contributed by atoms with Crippen molar-refractivity contribution in [2.24, 2.45) is 0 Å². The fourth-order valence-corrected chi connectivity index (χ4v) is 1.87. The summed E-state index contributed by atoms with van der Waals surface area (Å²) in [6, 6.07) is 3.73. The van der Waals surface area contributed by atoms with Crippen LogP contribution in [0.2, 0.25) is 0 Å². The van der Waals surface area contributed by atoms with E-state index in [0.717, 1.165) is 22.4 Å². The molecule has 0 atom stereocenters. The first-order valence-electron chi connectivity index (χ1n) is 5.43. The number of pyridine rings is 1. The molecule has 0 fully saturated rings. The number of aryl methyl sites for hydroxylation is 1. The molecule has 0 spiro atoms. The van der Waals surface area contributed by atoms with Gasteiger partial charge in [0.25, 0.3) is 0 Å². The van der Waals surface area contributed by atoms with Gasteiger partial charge in [-0.05, 0) is 24.6 Å². The molecule has 18 heavy (non-hydrogen) atoms. The lowest BCUT2D eigenvalue weighted by atomic mass is 10.0. The van der Waals surface area contributed by atoms with Crippen LogP contribution in [-0.4, -0.2) is 20.3 Å². The number of nitrogens with zero attached hydrogens (tertiary/aromatic N) is 3. The summed E-state index contributed by atoms with van der Waals surface area (Å²) in [4.78, 5) is 3.98. The quantitative estimate of drug-likeness (QED) is 0.715. The number of anilines is 1. The van der Waals surface area contributed by atoms with Gasteiger partial charge in [-0.15, -0.1) is 0 Å². The van der Waals surface area contributed by atoms with E-state index in [2.05, 4.69) is 20.3 Å². The monoisotopic (exact) mass is 241 g/mol. The Morgan fingerprint density at radius 1 is 1.28 bits per heavy atom. The zero-order valence-electron chi connectivity index (χ0n) is 9.71. The van der Waals surface area contributed by atoms with Crippen molar-refractivity contribution in [3.8, 4) is 22.4 Å². The Hall–Kier alpha value is -2.63. The van der Waals surface area contributed by atoms with Gasteiger partial charge in [0.2, 0.25) is 5.88 Å². The van der Waals surface area contributed by atoms with Crippen LogP contribution in [0.4, 0.5) is 5.88 Å². The predicted octanol–water partition coefficient (Wildman–Crippen LogP) is 2.02. The van der Waals surface area contributed by atoms with Crippen molar-refractivity contribution in [1.82, 2.24) is 20.3 Å². The van der Waals surface area contributed by atoms with Gasteiger partial charge in [0, 0.05) is 23.7 Å². The van der Waals surface area contributed by atoms with Gasteiger partial charge in [-0.1, -0.05) is 5.16 Å². The standard InChI is InChI=1S/C12H11N5O/c1-7-9(6-15-16-7)11-10(12(13)18-17-11)8-2-4-14-5-3-8/h2-6H,13H2,1H3,(H,15,16). The van der Waals surface area contributed by atoms with Crippen LogP contribution in [0, 0.1) is 6.92 Å². The van der Waals surface area contributed by atoms with Gasteiger partial charge < -0.3 is 10.3 Å². The van der Waals surface area contributed by atoms with Crippen molar-refractivity contribution in [1.29, 1.82) is 0 Å². The van der Waals surface area contributed by atoms with Gasteiger partial charge in [-0.3, -0.25) is 10.1 Å². The van der Waals surface area contributed by atoms with E-state index >= 15 is 0 Å². The SMILES string of the molecule is Cc1[nH]ncc1-c1noc(N)c1-c1ccncc1. The molecule has 3 rings (SSSR count). The number of nitrogens with two attached hydrogens (primary N) is 1. The second kappa shape index (κ2) is 3.99. The number of hydrogen-bond donors (Lipinski definition) is 2. The van der Waals surface area contributed by atoms with Crippen molar-refractivity contribution in [2.45, 2.75) is 6.92 Å². The van der Waals surface area contributed by atoms with Crippen LogP contribution in [0.3, 0.4) is 0 Å². The molecule has 3 aromatic heterocycles. The Labute approximate surface area is 103 Å². The van der Waals surface area contributed by atoms with Crippen LogP contribution < -0.4 is 5.73 Å². The molecule has 3 aromatic rings. The molecule has 3 N–H and O–H groups in total. The zero-order valence-corrected chi connectivity index (χ0v) is 9.71. The highest BCUT2D eigenvalue weighted by molar-refractivity contribution is 5.87. The van der Waals surface area contributed by atoms with Crippen molar-refractivity contribution >= 4 is 5.88 Å². The first kappa shape index (κ1) is 10.5. The average molecular weight is 241 g/mol. The lowest BCUT2D eigenvalue weighted by Gasteiger charge is -2.00.